The molecular weight excluding hydrogens is 478 g/mol. The van der Waals surface area contributed by atoms with Crippen molar-refractivity contribution in [2.75, 3.05) is 0 Å². The molecule has 1 saturated heterocycles. The zero-order chi connectivity index (χ0) is 22.8. The monoisotopic (exact) mass is 497 g/mol. The van der Waals surface area contributed by atoms with Gasteiger partial charge in [-0.25, -0.2) is 0 Å². The molecule has 2 heterocycles. The summed E-state index contributed by atoms with van der Waals surface area (Å²) in [5.41, 5.74) is 1.82. The lowest BCUT2D eigenvalue weighted by Gasteiger charge is -2.41. The lowest BCUT2D eigenvalue weighted by Crippen LogP contribution is -2.51. The molecule has 0 saturated carbocycles. The number of carbonyl (C=O) groups is 1. The maximum absolute atomic E-state index is 13.3. The third-order valence-electron chi connectivity index (χ3n) is 5.73. The maximum Gasteiger partial charge on any atom is 0.244 e. The van der Waals surface area contributed by atoms with Gasteiger partial charge in [-0.3, -0.25) is 14.9 Å². The van der Waals surface area contributed by atoms with E-state index in [1.165, 1.54) is 29.4 Å². The zero-order valence-electron chi connectivity index (χ0n) is 16.9. The van der Waals surface area contributed by atoms with Gasteiger partial charge in [-0.2, -0.15) is 4.73 Å². The predicted molar refractivity (Wildman–Crippen MR) is 119 cm³/mol. The number of nitro groups is 1. The Labute approximate surface area is 192 Å². The van der Waals surface area contributed by atoms with Crippen molar-refractivity contribution in [1.29, 1.82) is 0 Å². The summed E-state index contributed by atoms with van der Waals surface area (Å²) >= 11 is 3.41. The number of amides is 1. The molecule has 1 fully saturated rings. The van der Waals surface area contributed by atoms with E-state index in [0.29, 0.717) is 21.4 Å². The highest BCUT2D eigenvalue weighted by atomic mass is 79.9. The van der Waals surface area contributed by atoms with E-state index in [4.69, 9.17) is 0 Å². The molecule has 1 aliphatic heterocycles. The minimum absolute atomic E-state index is 0.0269. The lowest BCUT2D eigenvalue weighted by molar-refractivity contribution is -0.606. The van der Waals surface area contributed by atoms with Gasteiger partial charge in [0.05, 0.1) is 12.5 Å². The van der Waals surface area contributed by atoms with Crippen LogP contribution in [-0.4, -0.2) is 26.9 Å². The molecule has 3 aromatic rings. The number of piperidine rings is 1. The Bertz CT molecular complexity index is 1150. The average molecular weight is 498 g/mol. The fourth-order valence-corrected chi connectivity index (χ4v) is 4.74. The molecule has 1 N–H and O–H groups in total. The Hall–Kier alpha value is -3.46. The number of aromatic hydroxyl groups is 1. The van der Waals surface area contributed by atoms with Gasteiger partial charge < -0.3 is 15.2 Å². The van der Waals surface area contributed by atoms with Crippen LogP contribution in [0.4, 0.5) is 0 Å². The summed E-state index contributed by atoms with van der Waals surface area (Å²) in [6, 6.07) is 14.6. The van der Waals surface area contributed by atoms with E-state index in [-0.39, 0.29) is 29.5 Å². The molecule has 0 aliphatic carbocycles. The molecule has 1 aromatic heterocycles. The number of phenols is 1. The molecule has 164 valence electrons. The number of halogens is 1. The van der Waals surface area contributed by atoms with Crippen molar-refractivity contribution in [3.05, 3.63) is 110 Å². The molecular formula is C23H20BrN3O5. The summed E-state index contributed by atoms with van der Waals surface area (Å²) in [5.74, 6) is -0.850. The topological polar surface area (TPSA) is 111 Å². The van der Waals surface area contributed by atoms with Crippen molar-refractivity contribution in [2.24, 2.45) is 0 Å². The van der Waals surface area contributed by atoms with Crippen molar-refractivity contribution in [2.45, 2.75) is 31.0 Å². The Kier molecular flexibility index (Phi) is 6.09. The van der Waals surface area contributed by atoms with Gasteiger partial charge >= 0.3 is 0 Å². The van der Waals surface area contributed by atoms with Crippen LogP contribution in [0.5, 0.6) is 5.75 Å². The quantitative estimate of drug-likeness (QED) is 0.250. The number of rotatable bonds is 5. The van der Waals surface area contributed by atoms with E-state index in [1.807, 2.05) is 6.07 Å². The molecule has 8 nitrogen and oxygen atoms in total. The van der Waals surface area contributed by atoms with Gasteiger partial charge in [0.1, 0.15) is 11.8 Å². The van der Waals surface area contributed by atoms with Crippen LogP contribution in [0.15, 0.2) is 77.5 Å². The third-order valence-corrected chi connectivity index (χ3v) is 6.22. The molecule has 1 amide bonds. The maximum atomic E-state index is 13.3. The number of nitrogens with zero attached hydrogens (tertiary/aromatic N) is 3. The Morgan fingerprint density at radius 2 is 1.88 bits per heavy atom. The Morgan fingerprint density at radius 1 is 1.12 bits per heavy atom. The zero-order valence-corrected chi connectivity index (χ0v) is 18.5. The number of hydrogen-bond acceptors (Lipinski definition) is 5. The summed E-state index contributed by atoms with van der Waals surface area (Å²) in [7, 11) is 0. The highest BCUT2D eigenvalue weighted by Gasteiger charge is 2.50. The minimum Gasteiger partial charge on any atom is -0.619 e. The largest absolute Gasteiger partial charge is 0.619 e. The van der Waals surface area contributed by atoms with Crippen LogP contribution in [-0.2, 0) is 11.3 Å². The van der Waals surface area contributed by atoms with E-state index >= 15 is 0 Å². The number of hydrogen-bond donors (Lipinski definition) is 1. The highest BCUT2D eigenvalue weighted by molar-refractivity contribution is 9.10. The van der Waals surface area contributed by atoms with Gasteiger partial charge in [0.2, 0.25) is 11.9 Å². The van der Waals surface area contributed by atoms with E-state index in [9.17, 15) is 25.2 Å². The van der Waals surface area contributed by atoms with E-state index in [1.54, 1.807) is 42.5 Å². The molecule has 0 spiro atoms. The number of carbonyl (C=O) groups excluding carboxylic acids is 1. The van der Waals surface area contributed by atoms with Crippen LogP contribution in [0, 0.1) is 15.3 Å². The van der Waals surface area contributed by atoms with Crippen LogP contribution in [0.1, 0.15) is 35.1 Å². The average Bonchev–Trinajstić information content (AvgIpc) is 2.75. The van der Waals surface area contributed by atoms with Crippen molar-refractivity contribution < 1.29 is 19.6 Å². The number of likely N-dealkylation sites (tertiary alicyclic amines) is 1. The first-order chi connectivity index (χ1) is 15.3. The second kappa shape index (κ2) is 8.96. The van der Waals surface area contributed by atoms with Gasteiger partial charge in [0.25, 0.3) is 0 Å². The van der Waals surface area contributed by atoms with Gasteiger partial charge in [-0.15, -0.1) is 0 Å². The van der Waals surface area contributed by atoms with E-state index in [0.717, 1.165) is 4.47 Å². The highest BCUT2D eigenvalue weighted by Crippen LogP contribution is 2.43. The van der Waals surface area contributed by atoms with Gasteiger partial charge in [0.15, 0.2) is 12.4 Å². The smallest absolute Gasteiger partial charge is 0.244 e. The minimum atomic E-state index is -1.12. The van der Waals surface area contributed by atoms with Gasteiger partial charge in [-0.1, -0.05) is 40.2 Å². The second-order valence-electron chi connectivity index (χ2n) is 7.77. The van der Waals surface area contributed by atoms with E-state index < -0.39 is 18.0 Å². The molecule has 4 rings (SSSR count). The van der Waals surface area contributed by atoms with Crippen LogP contribution >= 0.6 is 15.9 Å². The standard InChI is InChI=1S/C23H20BrN3O5/c24-18-5-1-4-17(11-18)20-12-21(29)26(14-15-3-2-10-25(30)13-15)22(23(20)27(31)32)16-6-8-19(28)9-7-16/h1-11,13,20,22-23,28H,12,14H2/t20?,22-,23+/m1/s1. The lowest BCUT2D eigenvalue weighted by atomic mass is 9.78. The van der Waals surface area contributed by atoms with Crippen LogP contribution in [0.3, 0.4) is 0 Å². The summed E-state index contributed by atoms with van der Waals surface area (Å²) < 4.78 is 1.41. The molecule has 32 heavy (non-hydrogen) atoms. The van der Waals surface area contributed by atoms with Crippen molar-refractivity contribution >= 4 is 21.8 Å². The summed E-state index contributed by atoms with van der Waals surface area (Å²) in [6.07, 6.45) is 2.66. The molecule has 9 heteroatoms. The van der Waals surface area contributed by atoms with E-state index in [2.05, 4.69) is 15.9 Å². The fourth-order valence-electron chi connectivity index (χ4n) is 4.33. The van der Waals surface area contributed by atoms with Crippen molar-refractivity contribution in [1.82, 2.24) is 4.90 Å². The van der Waals surface area contributed by atoms with Crippen molar-refractivity contribution in [3.63, 3.8) is 0 Å². The molecule has 1 aliphatic rings. The normalized spacial score (nSPS) is 20.8. The molecule has 3 atom stereocenters. The SMILES string of the molecule is O=C1CC(c2cccc(Br)c2)[C@H]([N+](=O)[O-])[C@@H](c2ccc(O)cc2)N1Cc1ccc[n+]([O-])c1. The first-order valence-electron chi connectivity index (χ1n) is 9.98. The fraction of sp³-hybridized carbons (Fsp3) is 0.217. The Morgan fingerprint density at radius 3 is 2.53 bits per heavy atom. The number of phenolic OH excluding ortho intramolecular Hbond substituents is 1. The Balaban J connectivity index is 1.82. The second-order valence-corrected chi connectivity index (χ2v) is 8.69. The molecule has 1 unspecified atom stereocenters. The molecule has 0 radical (unpaired) electrons. The van der Waals surface area contributed by atoms with Crippen LogP contribution in [0.2, 0.25) is 0 Å². The predicted octanol–water partition coefficient (Wildman–Crippen LogP) is 3.69. The number of aromatic nitrogens is 1. The third kappa shape index (κ3) is 4.43. The summed E-state index contributed by atoms with van der Waals surface area (Å²) in [6.45, 7) is 0.0585. The summed E-state index contributed by atoms with van der Waals surface area (Å²) in [5, 5.41) is 33.8. The van der Waals surface area contributed by atoms with Crippen LogP contribution in [0.25, 0.3) is 0 Å². The first-order valence-corrected chi connectivity index (χ1v) is 10.8. The number of pyridine rings is 1. The first kappa shape index (κ1) is 21.8. The van der Waals surface area contributed by atoms with Gasteiger partial charge in [0, 0.05) is 27.4 Å². The van der Waals surface area contributed by atoms with Crippen LogP contribution < -0.4 is 4.73 Å². The number of benzene rings is 2. The van der Waals surface area contributed by atoms with Gasteiger partial charge in [-0.05, 0) is 41.5 Å². The van der Waals surface area contributed by atoms with Crippen molar-refractivity contribution in [3.8, 4) is 5.75 Å². The molecule has 0 bridgehead atoms. The summed E-state index contributed by atoms with van der Waals surface area (Å²) in [4.78, 5) is 26.8. The molecule has 2 aromatic carbocycles.